The molecule has 4 atom stereocenters. The van der Waals surface area contributed by atoms with Gasteiger partial charge in [-0.25, -0.2) is 0 Å². The number of amides is 2. The molecule has 0 spiro atoms. The number of hydrogen-bond acceptors (Lipinski definition) is 5. The van der Waals surface area contributed by atoms with Gasteiger partial charge in [0.15, 0.2) is 5.69 Å². The summed E-state index contributed by atoms with van der Waals surface area (Å²) in [5.41, 5.74) is 7.35. The lowest BCUT2D eigenvalue weighted by molar-refractivity contribution is -0.122. The van der Waals surface area contributed by atoms with Crippen LogP contribution >= 0.6 is 0 Å². The molecule has 31 heavy (non-hydrogen) atoms. The number of benzene rings is 1. The maximum absolute atomic E-state index is 12.8. The quantitative estimate of drug-likeness (QED) is 0.603. The van der Waals surface area contributed by atoms with Gasteiger partial charge in [0.2, 0.25) is 5.91 Å². The number of nitrogens with one attached hydrogen (secondary N) is 2. The molecule has 0 unspecified atom stereocenters. The van der Waals surface area contributed by atoms with Crippen molar-refractivity contribution in [1.29, 1.82) is 0 Å². The zero-order valence-electron chi connectivity index (χ0n) is 18.0. The Hall–Kier alpha value is -2.67. The van der Waals surface area contributed by atoms with Crippen LogP contribution in [0.1, 0.15) is 73.2 Å². The number of hydrogen-bond donors (Lipinski definition) is 3. The van der Waals surface area contributed by atoms with Crippen LogP contribution in [0.25, 0.3) is 0 Å². The third-order valence-corrected chi connectivity index (χ3v) is 6.25. The van der Waals surface area contributed by atoms with Crippen LogP contribution in [0.15, 0.2) is 40.9 Å². The summed E-state index contributed by atoms with van der Waals surface area (Å²) < 4.78 is 5.35. The fourth-order valence-electron chi connectivity index (χ4n) is 4.51. The fourth-order valence-corrected chi connectivity index (χ4v) is 4.51. The molecular weight excluding hydrogens is 392 g/mol. The molecule has 2 aliphatic rings. The van der Waals surface area contributed by atoms with Crippen molar-refractivity contribution in [2.24, 2.45) is 11.7 Å². The Bertz CT molecular complexity index is 891. The highest BCUT2D eigenvalue weighted by Crippen LogP contribution is 2.40. The van der Waals surface area contributed by atoms with Crippen LogP contribution in [0.4, 0.5) is 0 Å². The first-order chi connectivity index (χ1) is 15.0. The predicted octanol–water partition coefficient (Wildman–Crippen LogP) is 2.92. The summed E-state index contributed by atoms with van der Waals surface area (Å²) in [5, 5.41) is 10.3. The average molecular weight is 425 g/mol. The molecule has 0 saturated heterocycles. The first-order valence-electron chi connectivity index (χ1n) is 11.3. The summed E-state index contributed by atoms with van der Waals surface area (Å²) in [5.74, 6) is 1.27. The third kappa shape index (κ3) is 5.94. The highest BCUT2D eigenvalue weighted by atomic mass is 16.5. The second-order valence-electron chi connectivity index (χ2n) is 9.18. The molecule has 7 nitrogen and oxygen atoms in total. The van der Waals surface area contributed by atoms with Gasteiger partial charge < -0.3 is 20.9 Å². The van der Waals surface area contributed by atoms with Crippen LogP contribution in [-0.2, 0) is 11.2 Å². The van der Waals surface area contributed by atoms with Crippen LogP contribution < -0.4 is 16.4 Å². The van der Waals surface area contributed by atoms with Crippen molar-refractivity contribution in [1.82, 2.24) is 15.8 Å². The van der Waals surface area contributed by atoms with Gasteiger partial charge in [-0.15, -0.1) is 0 Å². The van der Waals surface area contributed by atoms with Gasteiger partial charge in [0.1, 0.15) is 5.76 Å². The standard InChI is InChI=1S/C24H32N4O3/c1-15(25)11-23(29)26-19-9-10-20(18(13-19)12-16-5-3-2-4-6-16)27-24(30)21-14-22(31-28-21)17-7-8-17/h2-6,14-15,17-20H,7-13,25H2,1H3,(H,26,29)(H,27,30)/t15-,18-,19+,20+/m0/s1. The molecule has 1 aromatic heterocycles. The van der Waals surface area contributed by atoms with E-state index in [2.05, 4.69) is 27.9 Å². The van der Waals surface area contributed by atoms with Gasteiger partial charge >= 0.3 is 0 Å². The molecule has 0 aliphatic heterocycles. The summed E-state index contributed by atoms with van der Waals surface area (Å²) in [7, 11) is 0. The number of carbonyl (C=O) groups is 2. The van der Waals surface area contributed by atoms with E-state index < -0.39 is 0 Å². The lowest BCUT2D eigenvalue weighted by atomic mass is 9.78. The monoisotopic (exact) mass is 424 g/mol. The molecule has 7 heteroatoms. The topological polar surface area (TPSA) is 110 Å². The molecule has 2 aromatic rings. The van der Waals surface area contributed by atoms with E-state index in [1.165, 1.54) is 5.56 Å². The van der Waals surface area contributed by atoms with Crippen LogP contribution in [-0.4, -0.2) is 35.1 Å². The molecule has 0 radical (unpaired) electrons. The van der Waals surface area contributed by atoms with E-state index in [-0.39, 0.29) is 35.9 Å². The van der Waals surface area contributed by atoms with Crippen molar-refractivity contribution in [2.75, 3.05) is 0 Å². The van der Waals surface area contributed by atoms with E-state index in [0.29, 0.717) is 18.0 Å². The minimum absolute atomic E-state index is 0.00357. The highest BCUT2D eigenvalue weighted by molar-refractivity contribution is 5.92. The van der Waals surface area contributed by atoms with Crippen LogP contribution in [0.2, 0.25) is 0 Å². The fraction of sp³-hybridized carbons (Fsp3) is 0.542. The minimum Gasteiger partial charge on any atom is -0.360 e. The maximum atomic E-state index is 12.8. The normalized spacial score (nSPS) is 24.4. The molecule has 166 valence electrons. The van der Waals surface area contributed by atoms with Crippen LogP contribution in [0.5, 0.6) is 0 Å². The van der Waals surface area contributed by atoms with E-state index in [1.54, 1.807) is 6.07 Å². The van der Waals surface area contributed by atoms with Crippen molar-refractivity contribution in [2.45, 2.75) is 75.9 Å². The smallest absolute Gasteiger partial charge is 0.273 e. The molecule has 2 saturated carbocycles. The van der Waals surface area contributed by atoms with E-state index in [0.717, 1.165) is 44.3 Å². The van der Waals surface area contributed by atoms with E-state index >= 15 is 0 Å². The van der Waals surface area contributed by atoms with Crippen molar-refractivity contribution in [3.05, 3.63) is 53.4 Å². The molecule has 1 aromatic carbocycles. The molecule has 1 heterocycles. The van der Waals surface area contributed by atoms with Crippen LogP contribution in [0.3, 0.4) is 0 Å². The van der Waals surface area contributed by atoms with E-state index in [4.69, 9.17) is 10.3 Å². The second-order valence-corrected chi connectivity index (χ2v) is 9.18. The maximum Gasteiger partial charge on any atom is 0.273 e. The minimum atomic E-state index is -0.182. The van der Waals surface area contributed by atoms with Gasteiger partial charge in [0, 0.05) is 36.5 Å². The number of rotatable bonds is 8. The van der Waals surface area contributed by atoms with Crippen molar-refractivity contribution in [3.8, 4) is 0 Å². The first kappa shape index (κ1) is 21.6. The average Bonchev–Trinajstić information content (AvgIpc) is 3.46. The molecule has 4 rings (SSSR count). The second kappa shape index (κ2) is 9.64. The third-order valence-electron chi connectivity index (χ3n) is 6.25. The Kier molecular flexibility index (Phi) is 6.70. The molecule has 0 bridgehead atoms. The van der Waals surface area contributed by atoms with Gasteiger partial charge in [-0.3, -0.25) is 9.59 Å². The van der Waals surface area contributed by atoms with Crippen molar-refractivity contribution >= 4 is 11.8 Å². The largest absolute Gasteiger partial charge is 0.360 e. The number of nitrogens with two attached hydrogens (primary N) is 1. The Morgan fingerprint density at radius 1 is 1.16 bits per heavy atom. The molecule has 2 aliphatic carbocycles. The molecule has 4 N–H and O–H groups in total. The Balaban J connectivity index is 1.41. The first-order valence-corrected chi connectivity index (χ1v) is 11.3. The van der Waals surface area contributed by atoms with Gasteiger partial charge in [0.25, 0.3) is 5.91 Å². The molecule has 2 fully saturated rings. The molecule has 2 amide bonds. The van der Waals surface area contributed by atoms with Gasteiger partial charge in [0.05, 0.1) is 0 Å². The summed E-state index contributed by atoms with van der Waals surface area (Å²) in [6.45, 7) is 1.84. The summed E-state index contributed by atoms with van der Waals surface area (Å²) in [6.07, 6.45) is 5.83. The Morgan fingerprint density at radius 2 is 1.94 bits per heavy atom. The number of nitrogens with zero attached hydrogens (tertiary/aromatic N) is 1. The Morgan fingerprint density at radius 3 is 2.65 bits per heavy atom. The highest BCUT2D eigenvalue weighted by Gasteiger charge is 2.34. The summed E-state index contributed by atoms with van der Waals surface area (Å²) in [6, 6.07) is 12.0. The van der Waals surface area contributed by atoms with Gasteiger partial charge in [-0.1, -0.05) is 35.5 Å². The predicted molar refractivity (Wildman–Crippen MR) is 117 cm³/mol. The Labute approximate surface area is 183 Å². The zero-order chi connectivity index (χ0) is 21.8. The van der Waals surface area contributed by atoms with Gasteiger partial charge in [-0.05, 0) is 56.9 Å². The molecular formula is C24H32N4O3. The SMILES string of the molecule is C[C@H](N)CC(=O)N[C@@H]1CC[C@@H](NC(=O)c2cc(C3CC3)on2)[C@@H](Cc2ccccc2)C1. The van der Waals surface area contributed by atoms with Crippen LogP contribution in [0, 0.1) is 5.92 Å². The lowest BCUT2D eigenvalue weighted by Gasteiger charge is -2.37. The van der Waals surface area contributed by atoms with Gasteiger partial charge in [-0.2, -0.15) is 0 Å². The number of carbonyl (C=O) groups excluding carboxylic acids is 2. The summed E-state index contributed by atoms with van der Waals surface area (Å²) >= 11 is 0. The summed E-state index contributed by atoms with van der Waals surface area (Å²) in [4.78, 5) is 25.0. The van der Waals surface area contributed by atoms with Crippen molar-refractivity contribution in [3.63, 3.8) is 0 Å². The lowest BCUT2D eigenvalue weighted by Crippen LogP contribution is -2.49. The number of aromatic nitrogens is 1. The van der Waals surface area contributed by atoms with E-state index in [1.807, 2.05) is 25.1 Å². The van der Waals surface area contributed by atoms with E-state index in [9.17, 15) is 9.59 Å². The zero-order valence-corrected chi connectivity index (χ0v) is 18.0. The van der Waals surface area contributed by atoms with Crippen molar-refractivity contribution < 1.29 is 14.1 Å².